The lowest BCUT2D eigenvalue weighted by atomic mass is 9.89. The van der Waals surface area contributed by atoms with Gasteiger partial charge in [0, 0.05) is 19.7 Å². The molecule has 1 aromatic rings. The van der Waals surface area contributed by atoms with E-state index < -0.39 is 0 Å². The smallest absolute Gasteiger partial charge is 0.246 e. The van der Waals surface area contributed by atoms with E-state index in [1.807, 2.05) is 7.05 Å². The van der Waals surface area contributed by atoms with Gasteiger partial charge in [-0.3, -0.25) is 4.79 Å². The van der Waals surface area contributed by atoms with Crippen LogP contribution >= 0.6 is 0 Å². The van der Waals surface area contributed by atoms with Gasteiger partial charge >= 0.3 is 0 Å². The maximum Gasteiger partial charge on any atom is 0.246 e. The van der Waals surface area contributed by atoms with E-state index in [-0.39, 0.29) is 11.7 Å². The van der Waals surface area contributed by atoms with Crippen LogP contribution in [0.15, 0.2) is 30.3 Å². The number of carbonyl (C=O) groups excluding carboxylic acids is 1. The quantitative estimate of drug-likeness (QED) is 0.764. The van der Waals surface area contributed by atoms with Crippen LogP contribution in [0.5, 0.6) is 0 Å². The molecule has 0 aliphatic heterocycles. The third-order valence-electron chi connectivity index (χ3n) is 3.92. The summed E-state index contributed by atoms with van der Waals surface area (Å²) >= 11 is 0. The molecule has 0 aromatic heterocycles. The minimum absolute atomic E-state index is 0.0138. The van der Waals surface area contributed by atoms with Crippen molar-refractivity contribution in [3.63, 3.8) is 0 Å². The van der Waals surface area contributed by atoms with E-state index in [9.17, 15) is 9.18 Å². The third kappa shape index (κ3) is 4.48. The molecule has 1 aromatic carbocycles. The van der Waals surface area contributed by atoms with Gasteiger partial charge in [-0.1, -0.05) is 31.4 Å². The Bertz CT molecular complexity index is 460. The van der Waals surface area contributed by atoms with Crippen molar-refractivity contribution < 1.29 is 9.18 Å². The number of hydrogen-bond acceptors (Lipinski definition) is 1. The predicted molar refractivity (Wildman–Crippen MR) is 79.6 cm³/mol. The fraction of sp³-hybridized carbons (Fsp3) is 0.471. The molecule has 1 aliphatic rings. The molecule has 1 fully saturated rings. The summed E-state index contributed by atoms with van der Waals surface area (Å²) in [5.74, 6) is 0.403. The van der Waals surface area contributed by atoms with Crippen LogP contribution in [-0.4, -0.2) is 24.4 Å². The highest BCUT2D eigenvalue weighted by molar-refractivity contribution is 5.91. The standard InChI is InChI=1S/C17H22FNO/c1-19(13-15-5-3-2-4-6-15)17(20)12-9-14-7-10-16(18)11-8-14/h7-12,15H,2-6,13H2,1H3/b12-9+. The van der Waals surface area contributed by atoms with Crippen LogP contribution in [0.4, 0.5) is 4.39 Å². The van der Waals surface area contributed by atoms with Crippen molar-refractivity contribution in [2.45, 2.75) is 32.1 Å². The Morgan fingerprint density at radius 2 is 1.90 bits per heavy atom. The Morgan fingerprint density at radius 1 is 1.25 bits per heavy atom. The Kier molecular flexibility index (Phi) is 5.33. The van der Waals surface area contributed by atoms with Crippen molar-refractivity contribution in [2.75, 3.05) is 13.6 Å². The topological polar surface area (TPSA) is 20.3 Å². The molecular weight excluding hydrogens is 253 g/mol. The summed E-state index contributed by atoms with van der Waals surface area (Å²) in [6.45, 7) is 0.840. The zero-order valence-electron chi connectivity index (χ0n) is 12.0. The molecule has 1 saturated carbocycles. The first-order valence-corrected chi connectivity index (χ1v) is 7.34. The van der Waals surface area contributed by atoms with E-state index in [2.05, 4.69) is 0 Å². The molecule has 0 N–H and O–H groups in total. The van der Waals surface area contributed by atoms with Gasteiger partial charge in [-0.15, -0.1) is 0 Å². The maximum absolute atomic E-state index is 12.8. The lowest BCUT2D eigenvalue weighted by Crippen LogP contribution is -2.31. The van der Waals surface area contributed by atoms with E-state index in [0.717, 1.165) is 12.1 Å². The number of likely N-dealkylation sites (N-methyl/N-ethyl adjacent to an activating group) is 1. The summed E-state index contributed by atoms with van der Waals surface area (Å²) in [5, 5.41) is 0. The van der Waals surface area contributed by atoms with Gasteiger partial charge in [-0.2, -0.15) is 0 Å². The van der Waals surface area contributed by atoms with Crippen LogP contribution in [0.2, 0.25) is 0 Å². The molecule has 0 atom stereocenters. The first-order valence-electron chi connectivity index (χ1n) is 7.34. The van der Waals surface area contributed by atoms with Gasteiger partial charge < -0.3 is 4.90 Å². The second-order valence-corrected chi connectivity index (χ2v) is 5.61. The second kappa shape index (κ2) is 7.22. The molecule has 0 heterocycles. The van der Waals surface area contributed by atoms with Crippen molar-refractivity contribution in [1.29, 1.82) is 0 Å². The maximum atomic E-state index is 12.8. The SMILES string of the molecule is CN(CC1CCCCC1)C(=O)/C=C/c1ccc(F)cc1. The van der Waals surface area contributed by atoms with Gasteiger partial charge in [0.1, 0.15) is 5.82 Å². The van der Waals surface area contributed by atoms with Crippen molar-refractivity contribution in [3.05, 3.63) is 41.7 Å². The summed E-state index contributed by atoms with van der Waals surface area (Å²) in [6.07, 6.45) is 9.68. The van der Waals surface area contributed by atoms with Crippen LogP contribution in [0.3, 0.4) is 0 Å². The molecule has 108 valence electrons. The molecule has 0 bridgehead atoms. The molecule has 2 rings (SSSR count). The largest absolute Gasteiger partial charge is 0.342 e. The van der Waals surface area contributed by atoms with Crippen LogP contribution in [-0.2, 0) is 4.79 Å². The fourth-order valence-electron chi connectivity index (χ4n) is 2.72. The first kappa shape index (κ1) is 14.8. The van der Waals surface area contributed by atoms with Gasteiger partial charge in [-0.05, 0) is 42.5 Å². The minimum atomic E-state index is -0.261. The Labute approximate surface area is 120 Å². The van der Waals surface area contributed by atoms with E-state index in [0.29, 0.717) is 5.92 Å². The summed E-state index contributed by atoms with van der Waals surface area (Å²) in [4.78, 5) is 13.8. The van der Waals surface area contributed by atoms with Crippen LogP contribution < -0.4 is 0 Å². The van der Waals surface area contributed by atoms with E-state index in [4.69, 9.17) is 0 Å². The number of hydrogen-bond donors (Lipinski definition) is 0. The lowest BCUT2D eigenvalue weighted by Gasteiger charge is -2.26. The first-order chi connectivity index (χ1) is 9.65. The highest BCUT2D eigenvalue weighted by Crippen LogP contribution is 2.24. The van der Waals surface area contributed by atoms with Crippen molar-refractivity contribution in [3.8, 4) is 0 Å². The Balaban J connectivity index is 1.85. The number of amides is 1. The van der Waals surface area contributed by atoms with Gasteiger partial charge in [0.2, 0.25) is 5.91 Å². The van der Waals surface area contributed by atoms with Gasteiger partial charge in [0.05, 0.1) is 0 Å². The third-order valence-corrected chi connectivity index (χ3v) is 3.92. The van der Waals surface area contributed by atoms with Crippen molar-refractivity contribution in [1.82, 2.24) is 4.90 Å². The van der Waals surface area contributed by atoms with E-state index >= 15 is 0 Å². The number of rotatable bonds is 4. The minimum Gasteiger partial charge on any atom is -0.342 e. The van der Waals surface area contributed by atoms with Crippen molar-refractivity contribution >= 4 is 12.0 Å². The lowest BCUT2D eigenvalue weighted by molar-refractivity contribution is -0.125. The van der Waals surface area contributed by atoms with Gasteiger partial charge in [0.25, 0.3) is 0 Å². The summed E-state index contributed by atoms with van der Waals surface area (Å²) in [6, 6.07) is 6.13. The van der Waals surface area contributed by atoms with E-state index in [1.54, 1.807) is 29.2 Å². The van der Waals surface area contributed by atoms with Crippen LogP contribution in [0.25, 0.3) is 6.08 Å². The average molecular weight is 275 g/mol. The highest BCUT2D eigenvalue weighted by Gasteiger charge is 2.16. The molecule has 0 spiro atoms. The Morgan fingerprint density at radius 3 is 2.55 bits per heavy atom. The van der Waals surface area contributed by atoms with Crippen molar-refractivity contribution in [2.24, 2.45) is 5.92 Å². The molecular formula is C17H22FNO. The average Bonchev–Trinajstić information content (AvgIpc) is 2.47. The van der Waals surface area contributed by atoms with Gasteiger partial charge in [-0.25, -0.2) is 4.39 Å². The molecule has 0 saturated heterocycles. The number of benzene rings is 1. The van der Waals surface area contributed by atoms with Crippen LogP contribution in [0, 0.1) is 11.7 Å². The monoisotopic (exact) mass is 275 g/mol. The van der Waals surface area contributed by atoms with E-state index in [1.165, 1.54) is 44.2 Å². The summed E-state index contributed by atoms with van der Waals surface area (Å²) < 4.78 is 12.8. The molecule has 1 amide bonds. The molecule has 3 heteroatoms. The summed E-state index contributed by atoms with van der Waals surface area (Å²) in [7, 11) is 1.85. The van der Waals surface area contributed by atoms with Gasteiger partial charge in [0.15, 0.2) is 0 Å². The highest BCUT2D eigenvalue weighted by atomic mass is 19.1. The zero-order chi connectivity index (χ0) is 14.4. The predicted octanol–water partition coefficient (Wildman–Crippen LogP) is 3.88. The summed E-state index contributed by atoms with van der Waals surface area (Å²) in [5.41, 5.74) is 0.839. The molecule has 1 aliphatic carbocycles. The molecule has 0 radical (unpaired) electrons. The zero-order valence-corrected chi connectivity index (χ0v) is 12.0. The second-order valence-electron chi connectivity index (χ2n) is 5.61. The number of nitrogens with zero attached hydrogens (tertiary/aromatic N) is 1. The fourth-order valence-corrected chi connectivity index (χ4v) is 2.72. The number of halogens is 1. The Hall–Kier alpha value is -1.64. The molecule has 20 heavy (non-hydrogen) atoms. The molecule has 2 nitrogen and oxygen atoms in total. The normalized spacial score (nSPS) is 16.5. The molecule has 0 unspecified atom stereocenters. The van der Waals surface area contributed by atoms with Crippen LogP contribution in [0.1, 0.15) is 37.7 Å². The number of carbonyl (C=O) groups is 1.